The van der Waals surface area contributed by atoms with Crippen molar-refractivity contribution in [3.63, 3.8) is 0 Å². The molecule has 0 aromatic heterocycles. The van der Waals surface area contributed by atoms with E-state index in [2.05, 4.69) is 47.1 Å². The lowest BCUT2D eigenvalue weighted by atomic mass is 10.1. The van der Waals surface area contributed by atoms with Gasteiger partial charge in [0.15, 0.2) is 6.29 Å². The van der Waals surface area contributed by atoms with Crippen LogP contribution in [0.5, 0.6) is 0 Å². The third-order valence-corrected chi connectivity index (χ3v) is 4.48. The zero-order valence-corrected chi connectivity index (χ0v) is 12.4. The van der Waals surface area contributed by atoms with E-state index < -0.39 is 0 Å². The lowest BCUT2D eigenvalue weighted by Gasteiger charge is -2.06. The Morgan fingerprint density at radius 2 is 2.00 bits per heavy atom. The van der Waals surface area contributed by atoms with Crippen molar-refractivity contribution in [2.45, 2.75) is 17.6 Å². The summed E-state index contributed by atoms with van der Waals surface area (Å²) in [7, 11) is 0. The topological polar surface area (TPSA) is 17.1 Å². The molecule has 0 bridgehead atoms. The fourth-order valence-corrected chi connectivity index (χ4v) is 3.26. The van der Waals surface area contributed by atoms with Crippen LogP contribution in [-0.2, 0) is 5.75 Å². The Hall–Kier alpha value is -1.06. The van der Waals surface area contributed by atoms with E-state index in [-0.39, 0.29) is 0 Å². The van der Waals surface area contributed by atoms with Gasteiger partial charge in [-0.1, -0.05) is 40.2 Å². The Kier molecular flexibility index (Phi) is 4.61. The molecule has 0 aliphatic rings. The second kappa shape index (κ2) is 6.21. The van der Waals surface area contributed by atoms with Crippen LogP contribution in [0.1, 0.15) is 21.5 Å². The summed E-state index contributed by atoms with van der Waals surface area (Å²) in [6, 6.07) is 14.2. The Balaban J connectivity index is 2.09. The molecule has 0 aliphatic heterocycles. The van der Waals surface area contributed by atoms with Crippen molar-refractivity contribution in [2.75, 3.05) is 0 Å². The van der Waals surface area contributed by atoms with Crippen molar-refractivity contribution in [1.29, 1.82) is 0 Å². The quantitative estimate of drug-likeness (QED) is 0.591. The number of benzene rings is 2. The monoisotopic (exact) mass is 320 g/mol. The van der Waals surface area contributed by atoms with Crippen LogP contribution in [0.2, 0.25) is 0 Å². The lowest BCUT2D eigenvalue weighted by molar-refractivity contribution is 0.112. The maximum absolute atomic E-state index is 10.7. The van der Waals surface area contributed by atoms with E-state index in [1.807, 2.05) is 18.2 Å². The summed E-state index contributed by atoms with van der Waals surface area (Å²) < 4.78 is 0.854. The molecule has 0 amide bonds. The number of aldehydes is 1. The van der Waals surface area contributed by atoms with Gasteiger partial charge in [-0.15, -0.1) is 11.8 Å². The lowest BCUT2D eigenvalue weighted by Crippen LogP contribution is -1.86. The second-order valence-electron chi connectivity index (χ2n) is 4.02. The minimum absolute atomic E-state index is 0.690. The van der Waals surface area contributed by atoms with Crippen LogP contribution in [0.3, 0.4) is 0 Å². The van der Waals surface area contributed by atoms with Crippen LogP contribution in [0.25, 0.3) is 0 Å². The van der Waals surface area contributed by atoms with Gasteiger partial charge in [0.1, 0.15) is 0 Å². The Morgan fingerprint density at radius 3 is 2.67 bits per heavy atom. The van der Waals surface area contributed by atoms with Crippen LogP contribution < -0.4 is 0 Å². The molecule has 0 atom stereocenters. The first-order chi connectivity index (χ1) is 8.70. The molecule has 2 aromatic carbocycles. The SMILES string of the molecule is Cc1ccccc1CSc1ccc(C=O)c(Br)c1. The molecule has 0 fully saturated rings. The number of carbonyl (C=O) groups excluding carboxylic acids is 1. The van der Waals surface area contributed by atoms with E-state index in [4.69, 9.17) is 0 Å². The van der Waals surface area contributed by atoms with Crippen LogP contribution in [-0.4, -0.2) is 6.29 Å². The van der Waals surface area contributed by atoms with E-state index in [1.165, 1.54) is 11.1 Å². The molecular weight excluding hydrogens is 308 g/mol. The van der Waals surface area contributed by atoms with Crippen LogP contribution in [0, 0.1) is 6.92 Å². The molecule has 2 aromatic rings. The molecule has 0 spiro atoms. The first-order valence-electron chi connectivity index (χ1n) is 5.63. The number of rotatable bonds is 4. The highest BCUT2D eigenvalue weighted by atomic mass is 79.9. The number of hydrogen-bond acceptors (Lipinski definition) is 2. The number of halogens is 1. The maximum atomic E-state index is 10.7. The summed E-state index contributed by atoms with van der Waals surface area (Å²) in [4.78, 5) is 11.9. The van der Waals surface area contributed by atoms with Crippen molar-refractivity contribution in [1.82, 2.24) is 0 Å². The van der Waals surface area contributed by atoms with Gasteiger partial charge in [0.2, 0.25) is 0 Å². The summed E-state index contributed by atoms with van der Waals surface area (Å²) in [5.41, 5.74) is 3.35. The fourth-order valence-electron chi connectivity index (χ4n) is 1.63. The molecule has 0 saturated carbocycles. The molecule has 0 saturated heterocycles. The van der Waals surface area contributed by atoms with Crippen LogP contribution >= 0.6 is 27.7 Å². The molecule has 18 heavy (non-hydrogen) atoms. The molecule has 0 radical (unpaired) electrons. The van der Waals surface area contributed by atoms with Gasteiger partial charge in [-0.3, -0.25) is 4.79 Å². The Morgan fingerprint density at radius 1 is 1.22 bits per heavy atom. The predicted octanol–water partition coefficient (Wildman–Crippen LogP) is 4.86. The third kappa shape index (κ3) is 3.24. The van der Waals surface area contributed by atoms with Crippen molar-refractivity contribution in [3.8, 4) is 0 Å². The summed E-state index contributed by atoms with van der Waals surface area (Å²) in [5, 5.41) is 0. The Bertz CT molecular complexity index is 566. The number of hydrogen-bond donors (Lipinski definition) is 0. The third-order valence-electron chi connectivity index (χ3n) is 2.75. The number of aryl methyl sites for hydroxylation is 1. The molecule has 0 heterocycles. The van der Waals surface area contributed by atoms with Gasteiger partial charge in [0, 0.05) is 20.7 Å². The first-order valence-corrected chi connectivity index (χ1v) is 7.40. The highest BCUT2D eigenvalue weighted by Crippen LogP contribution is 2.28. The average molecular weight is 321 g/mol. The van der Waals surface area contributed by atoms with Gasteiger partial charge < -0.3 is 0 Å². The largest absolute Gasteiger partial charge is 0.298 e. The van der Waals surface area contributed by atoms with E-state index in [0.717, 1.165) is 21.4 Å². The first kappa shape index (κ1) is 13.4. The zero-order chi connectivity index (χ0) is 13.0. The maximum Gasteiger partial charge on any atom is 0.151 e. The zero-order valence-electron chi connectivity index (χ0n) is 10.0. The van der Waals surface area contributed by atoms with E-state index >= 15 is 0 Å². The summed E-state index contributed by atoms with van der Waals surface area (Å²) in [6.45, 7) is 2.13. The molecule has 2 rings (SSSR count). The van der Waals surface area contributed by atoms with E-state index in [9.17, 15) is 4.79 Å². The van der Waals surface area contributed by atoms with Crippen molar-refractivity contribution in [2.24, 2.45) is 0 Å². The van der Waals surface area contributed by atoms with Gasteiger partial charge >= 0.3 is 0 Å². The Labute approximate surface area is 120 Å². The number of thioether (sulfide) groups is 1. The number of carbonyl (C=O) groups is 1. The van der Waals surface area contributed by atoms with Gasteiger partial charge in [-0.25, -0.2) is 0 Å². The average Bonchev–Trinajstić information content (AvgIpc) is 2.38. The summed E-state index contributed by atoms with van der Waals surface area (Å²) >= 11 is 5.18. The molecule has 0 N–H and O–H groups in total. The standard InChI is InChI=1S/C15H13BrOS/c1-11-4-2-3-5-13(11)10-18-14-7-6-12(9-17)15(16)8-14/h2-9H,10H2,1H3. The van der Waals surface area contributed by atoms with Gasteiger partial charge in [-0.05, 0) is 36.2 Å². The highest BCUT2D eigenvalue weighted by Gasteiger charge is 2.02. The summed E-state index contributed by atoms with van der Waals surface area (Å²) in [6.07, 6.45) is 0.861. The van der Waals surface area contributed by atoms with Crippen LogP contribution in [0.15, 0.2) is 51.8 Å². The van der Waals surface area contributed by atoms with Crippen LogP contribution in [0.4, 0.5) is 0 Å². The van der Waals surface area contributed by atoms with Crippen molar-refractivity contribution >= 4 is 34.0 Å². The minimum atomic E-state index is 0.690. The molecule has 1 nitrogen and oxygen atoms in total. The van der Waals surface area contributed by atoms with Gasteiger partial charge in [0.25, 0.3) is 0 Å². The second-order valence-corrected chi connectivity index (χ2v) is 5.92. The summed E-state index contributed by atoms with van der Waals surface area (Å²) in [5.74, 6) is 0.944. The highest BCUT2D eigenvalue weighted by molar-refractivity contribution is 9.10. The van der Waals surface area contributed by atoms with Crippen molar-refractivity contribution < 1.29 is 4.79 Å². The molecular formula is C15H13BrOS. The van der Waals surface area contributed by atoms with Gasteiger partial charge in [0.05, 0.1) is 0 Å². The van der Waals surface area contributed by atoms with Crippen molar-refractivity contribution in [3.05, 3.63) is 63.6 Å². The fraction of sp³-hybridized carbons (Fsp3) is 0.133. The molecule has 92 valence electrons. The normalized spacial score (nSPS) is 10.3. The molecule has 3 heteroatoms. The van der Waals surface area contributed by atoms with E-state index in [0.29, 0.717) is 5.56 Å². The minimum Gasteiger partial charge on any atom is -0.298 e. The smallest absolute Gasteiger partial charge is 0.151 e. The predicted molar refractivity (Wildman–Crippen MR) is 80.3 cm³/mol. The van der Waals surface area contributed by atoms with E-state index in [1.54, 1.807) is 11.8 Å². The molecule has 0 unspecified atom stereocenters. The van der Waals surface area contributed by atoms with Gasteiger partial charge in [-0.2, -0.15) is 0 Å². The molecule has 0 aliphatic carbocycles.